The number of carbonyl (C=O) groups excluding carboxylic acids is 1. The zero-order chi connectivity index (χ0) is 15.9. The first-order valence-corrected chi connectivity index (χ1v) is 6.75. The molecular formula is C16H12F2N2OS. The summed E-state index contributed by atoms with van der Waals surface area (Å²) in [7, 11) is 0. The van der Waals surface area contributed by atoms with Crippen LogP contribution in [0.1, 0.15) is 5.56 Å². The van der Waals surface area contributed by atoms with Crippen molar-refractivity contribution in [2.45, 2.75) is 0 Å². The van der Waals surface area contributed by atoms with E-state index in [-0.39, 0.29) is 10.8 Å². The Kier molecular flexibility index (Phi) is 5.32. The van der Waals surface area contributed by atoms with Crippen molar-refractivity contribution >= 4 is 35.0 Å². The number of carbonyl (C=O) groups is 1. The molecule has 2 N–H and O–H groups in total. The van der Waals surface area contributed by atoms with E-state index in [9.17, 15) is 13.6 Å². The summed E-state index contributed by atoms with van der Waals surface area (Å²) in [6.07, 6.45) is 2.93. The van der Waals surface area contributed by atoms with Gasteiger partial charge in [-0.3, -0.25) is 10.1 Å². The average Bonchev–Trinajstić information content (AvgIpc) is 2.49. The van der Waals surface area contributed by atoms with E-state index >= 15 is 0 Å². The molecule has 0 heterocycles. The molecule has 0 saturated heterocycles. The second-order valence-electron chi connectivity index (χ2n) is 4.31. The van der Waals surface area contributed by atoms with E-state index in [4.69, 9.17) is 12.2 Å². The number of thiocarbonyl (C=S) groups is 1. The number of hydrogen-bond acceptors (Lipinski definition) is 2. The predicted octanol–water partition coefficient (Wildman–Crippen LogP) is 3.49. The predicted molar refractivity (Wildman–Crippen MR) is 86.2 cm³/mol. The summed E-state index contributed by atoms with van der Waals surface area (Å²) in [4.78, 5) is 11.7. The molecule has 2 aromatic carbocycles. The normalized spacial score (nSPS) is 10.5. The second kappa shape index (κ2) is 7.42. The Hall–Kier alpha value is -2.60. The van der Waals surface area contributed by atoms with Gasteiger partial charge in [0.05, 0.1) is 5.69 Å². The topological polar surface area (TPSA) is 41.1 Å². The number of hydrogen-bond donors (Lipinski definition) is 2. The number of benzene rings is 2. The van der Waals surface area contributed by atoms with Crippen LogP contribution in [-0.4, -0.2) is 11.0 Å². The van der Waals surface area contributed by atoms with Gasteiger partial charge in [-0.15, -0.1) is 0 Å². The summed E-state index contributed by atoms with van der Waals surface area (Å²) < 4.78 is 26.2. The van der Waals surface area contributed by atoms with Crippen LogP contribution in [0.2, 0.25) is 0 Å². The Labute approximate surface area is 131 Å². The van der Waals surface area contributed by atoms with Crippen molar-refractivity contribution in [3.63, 3.8) is 0 Å². The first-order valence-electron chi connectivity index (χ1n) is 6.35. The first-order chi connectivity index (χ1) is 10.5. The van der Waals surface area contributed by atoms with Gasteiger partial charge in [-0.2, -0.15) is 0 Å². The van der Waals surface area contributed by atoms with Gasteiger partial charge in [-0.25, -0.2) is 8.78 Å². The molecule has 0 aromatic heterocycles. The molecule has 0 bridgehead atoms. The highest BCUT2D eigenvalue weighted by atomic mass is 32.1. The molecule has 22 heavy (non-hydrogen) atoms. The molecule has 0 unspecified atom stereocenters. The summed E-state index contributed by atoms with van der Waals surface area (Å²) in [6.45, 7) is 0. The Morgan fingerprint density at radius 3 is 2.50 bits per heavy atom. The molecule has 2 rings (SSSR count). The molecule has 0 aliphatic rings. The first kappa shape index (κ1) is 15.8. The van der Waals surface area contributed by atoms with Crippen molar-refractivity contribution in [1.29, 1.82) is 0 Å². The van der Waals surface area contributed by atoms with E-state index in [0.717, 1.165) is 17.7 Å². The van der Waals surface area contributed by atoms with E-state index < -0.39 is 17.5 Å². The molecule has 0 aliphatic carbocycles. The van der Waals surface area contributed by atoms with Crippen LogP contribution in [0.15, 0.2) is 54.6 Å². The maximum atomic E-state index is 13.4. The Morgan fingerprint density at radius 2 is 1.82 bits per heavy atom. The van der Waals surface area contributed by atoms with Crippen LogP contribution in [0, 0.1) is 11.6 Å². The van der Waals surface area contributed by atoms with Crippen molar-refractivity contribution < 1.29 is 13.6 Å². The molecule has 0 aliphatic heterocycles. The highest BCUT2D eigenvalue weighted by Crippen LogP contribution is 2.14. The standard InChI is InChI=1S/C16H12F2N2OS/c17-12-7-8-14(13(18)10-12)19-16(22)20-15(21)9-6-11-4-2-1-3-5-11/h1-10H,(H2,19,20,21,22). The highest BCUT2D eigenvalue weighted by molar-refractivity contribution is 7.80. The Balaban J connectivity index is 1.91. The molecule has 0 fully saturated rings. The quantitative estimate of drug-likeness (QED) is 0.672. The minimum Gasteiger partial charge on any atom is -0.330 e. The fourth-order valence-corrected chi connectivity index (χ4v) is 1.84. The van der Waals surface area contributed by atoms with Crippen LogP contribution in [0.5, 0.6) is 0 Å². The number of amides is 1. The third kappa shape index (κ3) is 4.75. The third-order valence-electron chi connectivity index (χ3n) is 2.64. The van der Waals surface area contributed by atoms with Gasteiger partial charge in [-0.05, 0) is 36.0 Å². The second-order valence-corrected chi connectivity index (χ2v) is 4.72. The molecule has 0 atom stereocenters. The van der Waals surface area contributed by atoms with Crippen LogP contribution >= 0.6 is 12.2 Å². The molecule has 6 heteroatoms. The number of rotatable bonds is 3. The average molecular weight is 318 g/mol. The van der Waals surface area contributed by atoms with Crippen LogP contribution in [0.4, 0.5) is 14.5 Å². The van der Waals surface area contributed by atoms with Crippen molar-refractivity contribution in [1.82, 2.24) is 5.32 Å². The lowest BCUT2D eigenvalue weighted by Gasteiger charge is -2.08. The maximum Gasteiger partial charge on any atom is 0.250 e. The van der Waals surface area contributed by atoms with Gasteiger partial charge in [-0.1, -0.05) is 30.3 Å². The Bertz CT molecular complexity index is 717. The molecule has 0 saturated carbocycles. The SMILES string of the molecule is O=C(C=Cc1ccccc1)NC(=S)Nc1ccc(F)cc1F. The van der Waals surface area contributed by atoms with E-state index in [1.54, 1.807) is 6.08 Å². The number of anilines is 1. The van der Waals surface area contributed by atoms with Crippen LogP contribution in [-0.2, 0) is 4.79 Å². The summed E-state index contributed by atoms with van der Waals surface area (Å²) in [5.74, 6) is -1.94. The summed E-state index contributed by atoms with van der Waals surface area (Å²) >= 11 is 4.90. The molecule has 1 amide bonds. The Morgan fingerprint density at radius 1 is 1.09 bits per heavy atom. The smallest absolute Gasteiger partial charge is 0.250 e. The summed E-state index contributed by atoms with van der Waals surface area (Å²) in [6, 6.07) is 12.3. The van der Waals surface area contributed by atoms with E-state index in [2.05, 4.69) is 10.6 Å². The third-order valence-corrected chi connectivity index (χ3v) is 2.85. The fourth-order valence-electron chi connectivity index (χ4n) is 1.63. The van der Waals surface area contributed by atoms with Gasteiger partial charge >= 0.3 is 0 Å². The van der Waals surface area contributed by atoms with Crippen molar-refractivity contribution in [2.75, 3.05) is 5.32 Å². The minimum atomic E-state index is -0.795. The van der Waals surface area contributed by atoms with E-state index in [1.807, 2.05) is 30.3 Å². The number of halogens is 2. The number of nitrogens with one attached hydrogen (secondary N) is 2. The van der Waals surface area contributed by atoms with Crippen LogP contribution < -0.4 is 10.6 Å². The van der Waals surface area contributed by atoms with Crippen LogP contribution in [0.25, 0.3) is 6.08 Å². The molecule has 0 spiro atoms. The zero-order valence-corrected chi connectivity index (χ0v) is 12.2. The fraction of sp³-hybridized carbons (Fsp3) is 0. The zero-order valence-electron chi connectivity index (χ0n) is 11.3. The molecule has 0 radical (unpaired) electrons. The van der Waals surface area contributed by atoms with Gasteiger partial charge in [0, 0.05) is 12.1 Å². The lowest BCUT2D eigenvalue weighted by atomic mass is 10.2. The van der Waals surface area contributed by atoms with Gasteiger partial charge < -0.3 is 5.32 Å². The summed E-state index contributed by atoms with van der Waals surface area (Å²) in [5, 5.41) is 4.79. The van der Waals surface area contributed by atoms with Crippen LogP contribution in [0.3, 0.4) is 0 Å². The van der Waals surface area contributed by atoms with Crippen molar-refractivity contribution in [3.8, 4) is 0 Å². The largest absolute Gasteiger partial charge is 0.330 e. The lowest BCUT2D eigenvalue weighted by molar-refractivity contribution is -0.115. The van der Waals surface area contributed by atoms with Gasteiger partial charge in [0.25, 0.3) is 0 Å². The van der Waals surface area contributed by atoms with Gasteiger partial charge in [0.2, 0.25) is 5.91 Å². The lowest BCUT2D eigenvalue weighted by Crippen LogP contribution is -2.33. The van der Waals surface area contributed by atoms with Crippen molar-refractivity contribution in [2.24, 2.45) is 0 Å². The molecule has 2 aromatic rings. The van der Waals surface area contributed by atoms with Gasteiger partial charge in [0.15, 0.2) is 5.11 Å². The monoisotopic (exact) mass is 318 g/mol. The summed E-state index contributed by atoms with van der Waals surface area (Å²) in [5.41, 5.74) is 0.847. The van der Waals surface area contributed by atoms with Gasteiger partial charge in [0.1, 0.15) is 11.6 Å². The van der Waals surface area contributed by atoms with E-state index in [0.29, 0.717) is 0 Å². The molecule has 3 nitrogen and oxygen atoms in total. The van der Waals surface area contributed by atoms with Crippen molar-refractivity contribution in [3.05, 3.63) is 71.8 Å². The molecule has 112 valence electrons. The maximum absolute atomic E-state index is 13.4. The van der Waals surface area contributed by atoms with E-state index in [1.165, 1.54) is 12.1 Å². The minimum absolute atomic E-state index is 0.0151. The highest BCUT2D eigenvalue weighted by Gasteiger charge is 2.06. The molecular weight excluding hydrogens is 306 g/mol.